The zero-order chi connectivity index (χ0) is 13.7. The van der Waals surface area contributed by atoms with Gasteiger partial charge < -0.3 is 5.11 Å². The van der Waals surface area contributed by atoms with E-state index in [-0.39, 0.29) is 11.4 Å². The summed E-state index contributed by atoms with van der Waals surface area (Å²) in [7, 11) is 0. The zero-order valence-corrected chi connectivity index (χ0v) is 10.7. The second-order valence-corrected chi connectivity index (χ2v) is 4.79. The first-order valence-electron chi connectivity index (χ1n) is 6.04. The number of hydrogen-bond donors (Lipinski definition) is 1. The number of rotatable bonds is 0. The fourth-order valence-electron chi connectivity index (χ4n) is 2.55. The topological polar surface area (TPSA) is 54.4 Å². The molecule has 0 saturated heterocycles. The molecule has 2 aromatic carbocycles. The van der Waals surface area contributed by atoms with Gasteiger partial charge in [-0.3, -0.25) is 9.59 Å². The lowest BCUT2D eigenvalue weighted by Gasteiger charge is -2.17. The summed E-state index contributed by atoms with van der Waals surface area (Å²) in [6, 6.07) is 9.12. The highest BCUT2D eigenvalue weighted by Crippen LogP contribution is 2.32. The highest BCUT2D eigenvalue weighted by molar-refractivity contribution is 6.30. The SMILES string of the molecule is CC1=C(O)C(=O)c2c(ccc3c(C)cccc23)C1=O. The van der Waals surface area contributed by atoms with E-state index >= 15 is 0 Å². The molecule has 0 unspecified atom stereocenters. The van der Waals surface area contributed by atoms with Gasteiger partial charge in [-0.1, -0.05) is 24.3 Å². The Morgan fingerprint density at radius 1 is 0.895 bits per heavy atom. The summed E-state index contributed by atoms with van der Waals surface area (Å²) < 4.78 is 0. The van der Waals surface area contributed by atoms with Crippen LogP contribution < -0.4 is 0 Å². The van der Waals surface area contributed by atoms with Crippen molar-refractivity contribution in [2.75, 3.05) is 0 Å². The number of aryl methyl sites for hydroxylation is 1. The Morgan fingerprint density at radius 3 is 2.37 bits per heavy atom. The van der Waals surface area contributed by atoms with E-state index in [2.05, 4.69) is 0 Å². The van der Waals surface area contributed by atoms with E-state index in [0.717, 1.165) is 16.3 Å². The minimum atomic E-state index is -0.469. The summed E-state index contributed by atoms with van der Waals surface area (Å²) in [4.78, 5) is 24.4. The Balaban J connectivity index is 2.47. The Morgan fingerprint density at radius 2 is 1.63 bits per heavy atom. The van der Waals surface area contributed by atoms with Crippen LogP contribution in [0, 0.1) is 6.92 Å². The van der Waals surface area contributed by atoms with Crippen molar-refractivity contribution >= 4 is 22.3 Å². The molecule has 94 valence electrons. The summed E-state index contributed by atoms with van der Waals surface area (Å²) in [5, 5.41) is 11.4. The molecule has 1 aliphatic carbocycles. The van der Waals surface area contributed by atoms with Crippen LogP contribution in [0.3, 0.4) is 0 Å². The molecule has 0 radical (unpaired) electrons. The average Bonchev–Trinajstić information content (AvgIpc) is 2.42. The Labute approximate surface area is 110 Å². The Bertz CT molecular complexity index is 782. The van der Waals surface area contributed by atoms with E-state index in [1.54, 1.807) is 12.1 Å². The van der Waals surface area contributed by atoms with E-state index in [1.165, 1.54) is 6.92 Å². The minimum Gasteiger partial charge on any atom is -0.504 e. The first kappa shape index (κ1) is 11.7. The quantitative estimate of drug-likeness (QED) is 0.782. The maximum atomic E-state index is 12.2. The van der Waals surface area contributed by atoms with Gasteiger partial charge in [0.25, 0.3) is 0 Å². The molecular formula is C16H12O3. The predicted molar refractivity (Wildman–Crippen MR) is 72.7 cm³/mol. The summed E-state index contributed by atoms with van der Waals surface area (Å²) in [6.07, 6.45) is 0. The van der Waals surface area contributed by atoms with Gasteiger partial charge in [0, 0.05) is 16.7 Å². The molecule has 0 amide bonds. The van der Waals surface area contributed by atoms with Crippen molar-refractivity contribution in [3.63, 3.8) is 0 Å². The summed E-state index contributed by atoms with van der Waals surface area (Å²) in [6.45, 7) is 3.42. The normalized spacial score (nSPS) is 15.1. The van der Waals surface area contributed by atoms with Crippen LogP contribution in [0.2, 0.25) is 0 Å². The Kier molecular flexibility index (Phi) is 2.32. The van der Waals surface area contributed by atoms with Crippen LogP contribution in [0.25, 0.3) is 10.8 Å². The second kappa shape index (κ2) is 3.79. The molecular weight excluding hydrogens is 240 g/mol. The van der Waals surface area contributed by atoms with Gasteiger partial charge in [-0.25, -0.2) is 0 Å². The molecule has 0 fully saturated rings. The fourth-order valence-corrected chi connectivity index (χ4v) is 2.55. The molecule has 0 bridgehead atoms. The molecule has 0 heterocycles. The smallest absolute Gasteiger partial charge is 0.229 e. The standard InChI is InChI=1S/C16H12O3/c1-8-4-3-5-11-10(8)6-7-12-13(11)16(19)15(18)9(2)14(12)17/h3-7,18H,1-2H3. The third-order valence-corrected chi connectivity index (χ3v) is 3.66. The first-order valence-corrected chi connectivity index (χ1v) is 6.04. The van der Waals surface area contributed by atoms with Crippen molar-refractivity contribution in [1.82, 2.24) is 0 Å². The van der Waals surface area contributed by atoms with Gasteiger partial charge in [0.1, 0.15) is 0 Å². The third kappa shape index (κ3) is 1.45. The van der Waals surface area contributed by atoms with Crippen LogP contribution in [0.15, 0.2) is 41.7 Å². The molecule has 0 saturated carbocycles. The van der Waals surface area contributed by atoms with Crippen LogP contribution in [0.4, 0.5) is 0 Å². The number of fused-ring (bicyclic) bond motifs is 3. The molecule has 0 atom stereocenters. The molecule has 2 aromatic rings. The Hall–Kier alpha value is -2.42. The lowest BCUT2D eigenvalue weighted by Crippen LogP contribution is -2.21. The molecule has 0 aromatic heterocycles. The van der Waals surface area contributed by atoms with Gasteiger partial charge in [0.15, 0.2) is 11.5 Å². The summed E-state index contributed by atoms with van der Waals surface area (Å²) >= 11 is 0. The van der Waals surface area contributed by atoms with Crippen LogP contribution >= 0.6 is 0 Å². The zero-order valence-electron chi connectivity index (χ0n) is 10.7. The summed E-state index contributed by atoms with van der Waals surface area (Å²) in [5.41, 5.74) is 1.84. The number of aliphatic hydroxyl groups excluding tert-OH is 1. The number of ketones is 2. The van der Waals surface area contributed by atoms with Crippen LogP contribution in [-0.2, 0) is 0 Å². The first-order chi connectivity index (χ1) is 9.02. The lowest BCUT2D eigenvalue weighted by molar-refractivity contribution is 0.0931. The van der Waals surface area contributed by atoms with Crippen LogP contribution in [0.1, 0.15) is 33.2 Å². The molecule has 3 rings (SSSR count). The van der Waals surface area contributed by atoms with Crippen molar-refractivity contribution in [3.05, 3.63) is 58.4 Å². The maximum absolute atomic E-state index is 12.2. The van der Waals surface area contributed by atoms with Crippen molar-refractivity contribution in [3.8, 4) is 0 Å². The highest BCUT2D eigenvalue weighted by Gasteiger charge is 2.31. The van der Waals surface area contributed by atoms with Gasteiger partial charge in [-0.15, -0.1) is 0 Å². The highest BCUT2D eigenvalue weighted by atomic mass is 16.3. The monoisotopic (exact) mass is 252 g/mol. The van der Waals surface area contributed by atoms with Gasteiger partial charge >= 0.3 is 0 Å². The summed E-state index contributed by atoms with van der Waals surface area (Å²) in [5.74, 6) is -1.19. The fraction of sp³-hybridized carbons (Fsp3) is 0.125. The van der Waals surface area contributed by atoms with Crippen molar-refractivity contribution < 1.29 is 14.7 Å². The molecule has 0 aliphatic heterocycles. The van der Waals surface area contributed by atoms with E-state index in [4.69, 9.17) is 0 Å². The maximum Gasteiger partial charge on any atom is 0.229 e. The van der Waals surface area contributed by atoms with Crippen molar-refractivity contribution in [2.45, 2.75) is 13.8 Å². The van der Waals surface area contributed by atoms with E-state index < -0.39 is 11.5 Å². The number of Topliss-reactive ketones (excluding diaryl/α,β-unsaturated/α-hetero) is 2. The minimum absolute atomic E-state index is 0.115. The number of allylic oxidation sites excluding steroid dienone is 2. The molecule has 0 spiro atoms. The number of carbonyl (C=O) groups excluding carboxylic acids is 2. The van der Waals surface area contributed by atoms with Crippen molar-refractivity contribution in [1.29, 1.82) is 0 Å². The van der Waals surface area contributed by atoms with Gasteiger partial charge in [0.2, 0.25) is 5.78 Å². The van der Waals surface area contributed by atoms with Crippen LogP contribution in [-0.4, -0.2) is 16.7 Å². The van der Waals surface area contributed by atoms with Crippen LogP contribution in [0.5, 0.6) is 0 Å². The third-order valence-electron chi connectivity index (χ3n) is 3.66. The van der Waals surface area contributed by atoms with E-state index in [1.807, 2.05) is 25.1 Å². The molecule has 1 aliphatic rings. The van der Waals surface area contributed by atoms with Gasteiger partial charge in [0.05, 0.1) is 0 Å². The molecule has 3 nitrogen and oxygen atoms in total. The van der Waals surface area contributed by atoms with E-state index in [0.29, 0.717) is 11.1 Å². The molecule has 3 heteroatoms. The van der Waals surface area contributed by atoms with Crippen molar-refractivity contribution in [2.24, 2.45) is 0 Å². The van der Waals surface area contributed by atoms with Gasteiger partial charge in [-0.2, -0.15) is 0 Å². The van der Waals surface area contributed by atoms with Gasteiger partial charge in [-0.05, 0) is 36.2 Å². The number of benzene rings is 2. The number of carbonyl (C=O) groups is 2. The van der Waals surface area contributed by atoms with E-state index in [9.17, 15) is 14.7 Å². The lowest BCUT2D eigenvalue weighted by atomic mass is 9.85. The molecule has 19 heavy (non-hydrogen) atoms. The predicted octanol–water partition coefficient (Wildman–Crippen LogP) is 3.36. The number of hydrogen-bond acceptors (Lipinski definition) is 3. The number of aliphatic hydroxyl groups is 1. The second-order valence-electron chi connectivity index (χ2n) is 4.79. The average molecular weight is 252 g/mol. The molecule has 1 N–H and O–H groups in total. The largest absolute Gasteiger partial charge is 0.504 e.